The van der Waals surface area contributed by atoms with Crippen molar-refractivity contribution >= 4 is 29.9 Å². The van der Waals surface area contributed by atoms with E-state index >= 15 is 0 Å². The number of benzene rings is 1. The molecule has 0 aliphatic heterocycles. The Morgan fingerprint density at radius 2 is 1.95 bits per heavy atom. The lowest BCUT2D eigenvalue weighted by atomic mass is 10.2. The minimum Gasteiger partial charge on any atom is -0.497 e. The zero-order valence-electron chi connectivity index (χ0n) is 13.3. The van der Waals surface area contributed by atoms with Crippen molar-refractivity contribution in [1.82, 2.24) is 10.6 Å². The number of hydrogen-bond acceptors (Lipinski definition) is 3. The summed E-state index contributed by atoms with van der Waals surface area (Å²) in [5.41, 5.74) is 1.06. The lowest BCUT2D eigenvalue weighted by Gasteiger charge is -2.18. The van der Waals surface area contributed by atoms with Crippen LogP contribution >= 0.6 is 24.0 Å². The summed E-state index contributed by atoms with van der Waals surface area (Å²) in [6.45, 7) is 0.646. The second kappa shape index (κ2) is 9.55. The number of ether oxygens (including phenoxy) is 2. The van der Waals surface area contributed by atoms with Crippen LogP contribution in [0.5, 0.6) is 11.5 Å². The molecule has 0 aromatic heterocycles. The summed E-state index contributed by atoms with van der Waals surface area (Å²) in [6, 6.07) is 6.24. The number of hydrogen-bond donors (Lipinski definition) is 2. The number of aliphatic imine (C=N–C) groups is 1. The Kier molecular flexibility index (Phi) is 8.08. The fourth-order valence-electron chi connectivity index (χ4n) is 2.30. The Hall–Kier alpha value is -1.44. The van der Waals surface area contributed by atoms with E-state index in [1.54, 1.807) is 21.3 Å². The Morgan fingerprint density at radius 3 is 2.55 bits per heavy atom. The van der Waals surface area contributed by atoms with Crippen molar-refractivity contribution < 1.29 is 9.47 Å². The van der Waals surface area contributed by atoms with E-state index in [9.17, 15) is 0 Å². The number of methoxy groups -OCH3 is 2. The first-order chi connectivity index (χ1) is 10.3. The van der Waals surface area contributed by atoms with E-state index in [1.165, 1.54) is 0 Å². The molecule has 0 saturated heterocycles. The van der Waals surface area contributed by atoms with Crippen LogP contribution in [-0.4, -0.2) is 33.3 Å². The third-order valence-corrected chi connectivity index (χ3v) is 3.51. The van der Waals surface area contributed by atoms with Gasteiger partial charge in [-0.1, -0.05) is 12.2 Å². The van der Waals surface area contributed by atoms with E-state index in [0.29, 0.717) is 12.6 Å². The van der Waals surface area contributed by atoms with Gasteiger partial charge in [-0.05, 0) is 25.0 Å². The van der Waals surface area contributed by atoms with Gasteiger partial charge in [0, 0.05) is 31.3 Å². The topological polar surface area (TPSA) is 54.9 Å². The fraction of sp³-hybridized carbons (Fsp3) is 0.438. The van der Waals surface area contributed by atoms with Crippen molar-refractivity contribution in [2.75, 3.05) is 21.3 Å². The predicted molar refractivity (Wildman–Crippen MR) is 100 cm³/mol. The number of nitrogens with zero attached hydrogens (tertiary/aromatic N) is 1. The van der Waals surface area contributed by atoms with Crippen molar-refractivity contribution in [3.8, 4) is 11.5 Å². The number of halogens is 1. The smallest absolute Gasteiger partial charge is 0.191 e. The zero-order chi connectivity index (χ0) is 15.1. The molecule has 22 heavy (non-hydrogen) atoms. The second-order valence-corrected chi connectivity index (χ2v) is 4.89. The standard InChI is InChI=1S/C16H23N3O2.HI/c1-17-16(19-13-6-4-5-7-13)18-11-12-8-9-14(20-2)10-15(12)21-3;/h4-5,8-10,13H,6-7,11H2,1-3H3,(H2,17,18,19);1H. The molecule has 0 atom stereocenters. The van der Waals surface area contributed by atoms with E-state index in [-0.39, 0.29) is 24.0 Å². The molecule has 2 rings (SSSR count). The first-order valence-corrected chi connectivity index (χ1v) is 7.10. The van der Waals surface area contributed by atoms with E-state index in [0.717, 1.165) is 35.9 Å². The van der Waals surface area contributed by atoms with Gasteiger partial charge in [-0.3, -0.25) is 4.99 Å². The SMILES string of the molecule is CN=C(NCc1ccc(OC)cc1OC)NC1CC=CC1.I. The van der Waals surface area contributed by atoms with Gasteiger partial charge in [0.15, 0.2) is 5.96 Å². The summed E-state index contributed by atoms with van der Waals surface area (Å²) in [6.07, 6.45) is 6.48. The Balaban J connectivity index is 0.00000242. The second-order valence-electron chi connectivity index (χ2n) is 4.89. The average molecular weight is 417 g/mol. The van der Waals surface area contributed by atoms with Gasteiger partial charge in [0.05, 0.1) is 14.2 Å². The van der Waals surface area contributed by atoms with E-state index in [4.69, 9.17) is 9.47 Å². The number of guanidine groups is 1. The third kappa shape index (κ3) is 5.08. The maximum atomic E-state index is 5.40. The average Bonchev–Trinajstić information content (AvgIpc) is 3.04. The number of nitrogens with one attached hydrogen (secondary N) is 2. The van der Waals surface area contributed by atoms with Gasteiger partial charge in [0.25, 0.3) is 0 Å². The van der Waals surface area contributed by atoms with Gasteiger partial charge >= 0.3 is 0 Å². The van der Waals surface area contributed by atoms with E-state index < -0.39 is 0 Å². The molecule has 122 valence electrons. The van der Waals surface area contributed by atoms with Gasteiger partial charge in [0.2, 0.25) is 0 Å². The minimum atomic E-state index is 0. The van der Waals surface area contributed by atoms with Gasteiger partial charge in [-0.25, -0.2) is 0 Å². The van der Waals surface area contributed by atoms with Crippen LogP contribution in [0, 0.1) is 0 Å². The van der Waals surface area contributed by atoms with Crippen LogP contribution in [0.2, 0.25) is 0 Å². The molecule has 0 heterocycles. The van der Waals surface area contributed by atoms with Crippen LogP contribution in [0.15, 0.2) is 35.3 Å². The summed E-state index contributed by atoms with van der Waals surface area (Å²) in [5.74, 6) is 2.40. The first kappa shape index (κ1) is 18.6. The van der Waals surface area contributed by atoms with Crippen molar-refractivity contribution in [1.29, 1.82) is 0 Å². The van der Waals surface area contributed by atoms with Crippen LogP contribution in [0.4, 0.5) is 0 Å². The maximum Gasteiger partial charge on any atom is 0.191 e. The Bertz CT molecular complexity index is 524. The molecule has 0 radical (unpaired) electrons. The summed E-state index contributed by atoms with van der Waals surface area (Å²) < 4.78 is 10.6. The Morgan fingerprint density at radius 1 is 1.23 bits per heavy atom. The highest BCUT2D eigenvalue weighted by Gasteiger charge is 2.12. The first-order valence-electron chi connectivity index (χ1n) is 7.10. The molecule has 0 unspecified atom stereocenters. The van der Waals surface area contributed by atoms with Crippen LogP contribution in [-0.2, 0) is 6.54 Å². The van der Waals surface area contributed by atoms with Gasteiger partial charge < -0.3 is 20.1 Å². The summed E-state index contributed by atoms with van der Waals surface area (Å²) in [5, 5.41) is 6.72. The third-order valence-electron chi connectivity index (χ3n) is 3.51. The highest BCUT2D eigenvalue weighted by molar-refractivity contribution is 14.0. The summed E-state index contributed by atoms with van der Waals surface area (Å²) in [7, 11) is 5.09. The van der Waals surface area contributed by atoms with Crippen LogP contribution in [0.3, 0.4) is 0 Å². The van der Waals surface area contributed by atoms with Gasteiger partial charge in [-0.15, -0.1) is 24.0 Å². The molecule has 0 amide bonds. The monoisotopic (exact) mass is 417 g/mol. The van der Waals surface area contributed by atoms with E-state index in [1.807, 2.05) is 18.2 Å². The van der Waals surface area contributed by atoms with Gasteiger partial charge in [0.1, 0.15) is 11.5 Å². The highest BCUT2D eigenvalue weighted by atomic mass is 127. The Labute approximate surface area is 149 Å². The molecule has 0 saturated carbocycles. The minimum absolute atomic E-state index is 0. The van der Waals surface area contributed by atoms with Crippen LogP contribution < -0.4 is 20.1 Å². The van der Waals surface area contributed by atoms with Crippen LogP contribution in [0.25, 0.3) is 0 Å². The van der Waals surface area contributed by atoms with Crippen molar-refractivity contribution in [3.63, 3.8) is 0 Å². The van der Waals surface area contributed by atoms with Crippen molar-refractivity contribution in [2.24, 2.45) is 4.99 Å². The molecule has 0 fully saturated rings. The van der Waals surface area contributed by atoms with Crippen LogP contribution in [0.1, 0.15) is 18.4 Å². The van der Waals surface area contributed by atoms with Crippen molar-refractivity contribution in [3.05, 3.63) is 35.9 Å². The molecule has 6 heteroatoms. The lowest BCUT2D eigenvalue weighted by molar-refractivity contribution is 0.390. The quantitative estimate of drug-likeness (QED) is 0.335. The van der Waals surface area contributed by atoms with Gasteiger partial charge in [-0.2, -0.15) is 0 Å². The molecule has 1 aromatic rings. The molecule has 5 nitrogen and oxygen atoms in total. The normalized spacial score (nSPS) is 14.4. The predicted octanol–water partition coefficient (Wildman–Crippen LogP) is 2.71. The summed E-state index contributed by atoms with van der Waals surface area (Å²) in [4.78, 5) is 4.26. The van der Waals surface area contributed by atoms with Crippen molar-refractivity contribution in [2.45, 2.75) is 25.4 Å². The maximum absolute atomic E-state index is 5.40. The highest BCUT2D eigenvalue weighted by Crippen LogP contribution is 2.24. The molecule has 2 N–H and O–H groups in total. The zero-order valence-corrected chi connectivity index (χ0v) is 15.6. The molecule has 1 aliphatic carbocycles. The molecule has 0 spiro atoms. The molecular formula is C16H24IN3O2. The molecular weight excluding hydrogens is 393 g/mol. The lowest BCUT2D eigenvalue weighted by Crippen LogP contribution is -2.42. The van der Waals surface area contributed by atoms with E-state index in [2.05, 4.69) is 27.8 Å². The molecule has 1 aromatic carbocycles. The molecule has 0 bridgehead atoms. The fourth-order valence-corrected chi connectivity index (χ4v) is 2.30. The molecule has 1 aliphatic rings. The largest absolute Gasteiger partial charge is 0.497 e. The number of rotatable bonds is 5. The summed E-state index contributed by atoms with van der Waals surface area (Å²) >= 11 is 0.